The Morgan fingerprint density at radius 2 is 1.96 bits per heavy atom. The molecule has 0 radical (unpaired) electrons. The summed E-state index contributed by atoms with van der Waals surface area (Å²) >= 11 is 0. The van der Waals surface area contributed by atoms with Gasteiger partial charge in [-0.25, -0.2) is 0 Å². The quantitative estimate of drug-likeness (QED) is 0.678. The van der Waals surface area contributed by atoms with Crippen molar-refractivity contribution in [3.05, 3.63) is 11.6 Å². The molecule has 0 bridgehead atoms. The first-order chi connectivity index (χ1) is 11.4. The molecule has 4 rings (SSSR count). The molecule has 136 valence electrons. The van der Waals surface area contributed by atoms with Gasteiger partial charge < -0.3 is 15.3 Å². The van der Waals surface area contributed by atoms with E-state index in [1.807, 2.05) is 0 Å². The number of rotatable bonds is 2. The molecule has 0 aromatic rings. The Balaban J connectivity index is 1.74. The van der Waals surface area contributed by atoms with Crippen molar-refractivity contribution in [2.75, 3.05) is 6.61 Å². The second-order valence-corrected chi connectivity index (χ2v) is 9.54. The van der Waals surface area contributed by atoms with Crippen molar-refractivity contribution < 1.29 is 15.3 Å². The summed E-state index contributed by atoms with van der Waals surface area (Å²) in [4.78, 5) is 0. The first-order valence-corrected chi connectivity index (χ1v) is 10.1. The fraction of sp³-hybridized carbons (Fsp3) is 0.905. The SMILES string of the molecule is C[C@]12C[C@H](O)[C@@]3(O)[C@@H](CCC4=CCCC[C@@]43C)[C@@H]1CC[C@@H]2CCO. The highest BCUT2D eigenvalue weighted by Crippen LogP contribution is 2.68. The Labute approximate surface area is 146 Å². The fourth-order valence-corrected chi connectivity index (χ4v) is 7.54. The van der Waals surface area contributed by atoms with Gasteiger partial charge in [0.2, 0.25) is 0 Å². The van der Waals surface area contributed by atoms with Crippen LogP contribution < -0.4 is 0 Å². The van der Waals surface area contributed by atoms with Gasteiger partial charge in [0, 0.05) is 12.0 Å². The smallest absolute Gasteiger partial charge is 0.103 e. The highest BCUT2D eigenvalue weighted by molar-refractivity contribution is 5.31. The van der Waals surface area contributed by atoms with E-state index < -0.39 is 11.7 Å². The molecule has 0 aromatic carbocycles. The molecule has 0 unspecified atom stereocenters. The third-order valence-electron chi connectivity index (χ3n) is 8.86. The van der Waals surface area contributed by atoms with E-state index in [9.17, 15) is 15.3 Å². The average Bonchev–Trinajstić information content (AvgIpc) is 2.85. The maximum atomic E-state index is 12.0. The van der Waals surface area contributed by atoms with Crippen LogP contribution in [0.25, 0.3) is 0 Å². The standard InChI is InChI=1S/C21H34O3/c1-19-13-18(23)21(24)17(16(19)8-6-14(19)10-12-22)9-7-15-5-3-4-11-20(15,21)2/h5,14,16-18,22-24H,3-4,6-13H2,1-2H3/t14-,16+,17+,18+,19-,20+,21+/m1/s1. The summed E-state index contributed by atoms with van der Waals surface area (Å²) in [5, 5.41) is 32.6. The second kappa shape index (κ2) is 5.56. The molecule has 4 aliphatic rings. The highest BCUT2D eigenvalue weighted by Gasteiger charge is 2.68. The van der Waals surface area contributed by atoms with Crippen molar-refractivity contribution in [3.8, 4) is 0 Å². The first kappa shape index (κ1) is 17.1. The largest absolute Gasteiger partial charge is 0.396 e. The van der Waals surface area contributed by atoms with Crippen molar-refractivity contribution >= 4 is 0 Å². The van der Waals surface area contributed by atoms with Crippen LogP contribution in [0.5, 0.6) is 0 Å². The van der Waals surface area contributed by atoms with E-state index in [-0.39, 0.29) is 23.4 Å². The van der Waals surface area contributed by atoms with Crippen LogP contribution in [-0.4, -0.2) is 33.6 Å². The van der Waals surface area contributed by atoms with Crippen LogP contribution in [0.15, 0.2) is 11.6 Å². The third kappa shape index (κ3) is 1.95. The summed E-state index contributed by atoms with van der Waals surface area (Å²) in [6.45, 7) is 4.78. The number of fused-ring (bicyclic) bond motifs is 5. The second-order valence-electron chi connectivity index (χ2n) is 9.54. The van der Waals surface area contributed by atoms with Crippen molar-refractivity contribution in [1.82, 2.24) is 0 Å². The monoisotopic (exact) mass is 334 g/mol. The molecular weight excluding hydrogens is 300 g/mol. The van der Waals surface area contributed by atoms with Gasteiger partial charge in [-0.05, 0) is 81.0 Å². The van der Waals surface area contributed by atoms with E-state index in [1.165, 1.54) is 5.57 Å². The van der Waals surface area contributed by atoms with Gasteiger partial charge in [-0.3, -0.25) is 0 Å². The molecule has 0 aliphatic heterocycles. The summed E-state index contributed by atoms with van der Waals surface area (Å²) < 4.78 is 0. The third-order valence-corrected chi connectivity index (χ3v) is 8.86. The Hall–Kier alpha value is -0.380. The lowest BCUT2D eigenvalue weighted by Crippen LogP contribution is -2.69. The molecule has 24 heavy (non-hydrogen) atoms. The van der Waals surface area contributed by atoms with Crippen LogP contribution in [0.3, 0.4) is 0 Å². The summed E-state index contributed by atoms with van der Waals surface area (Å²) in [6, 6.07) is 0. The van der Waals surface area contributed by atoms with E-state index in [0.717, 1.165) is 51.4 Å². The molecule has 0 heterocycles. The van der Waals surface area contributed by atoms with Gasteiger partial charge >= 0.3 is 0 Å². The van der Waals surface area contributed by atoms with E-state index in [4.69, 9.17) is 0 Å². The van der Waals surface area contributed by atoms with E-state index >= 15 is 0 Å². The molecule has 0 spiro atoms. The minimum absolute atomic E-state index is 0.0747. The van der Waals surface area contributed by atoms with Crippen LogP contribution in [-0.2, 0) is 0 Å². The van der Waals surface area contributed by atoms with Crippen LogP contribution in [0.1, 0.15) is 71.6 Å². The van der Waals surface area contributed by atoms with Gasteiger partial charge in [-0.15, -0.1) is 0 Å². The summed E-state index contributed by atoms with van der Waals surface area (Å²) in [5.41, 5.74) is 0.269. The predicted octanol–water partition coefficient (Wildman–Crippen LogP) is 3.42. The van der Waals surface area contributed by atoms with Gasteiger partial charge in [0.1, 0.15) is 5.60 Å². The number of allylic oxidation sites excluding steroid dienone is 1. The summed E-state index contributed by atoms with van der Waals surface area (Å²) in [5.74, 6) is 1.18. The zero-order chi connectivity index (χ0) is 17.2. The molecular formula is C21H34O3. The lowest BCUT2D eigenvalue weighted by molar-refractivity contribution is -0.248. The predicted molar refractivity (Wildman–Crippen MR) is 94.4 cm³/mol. The molecule has 0 aromatic heterocycles. The zero-order valence-electron chi connectivity index (χ0n) is 15.3. The number of hydrogen-bond acceptors (Lipinski definition) is 3. The molecule has 4 aliphatic carbocycles. The minimum Gasteiger partial charge on any atom is -0.396 e. The highest BCUT2D eigenvalue weighted by atomic mass is 16.3. The van der Waals surface area contributed by atoms with Gasteiger partial charge in [-0.2, -0.15) is 0 Å². The zero-order valence-corrected chi connectivity index (χ0v) is 15.3. The Morgan fingerprint density at radius 1 is 1.17 bits per heavy atom. The Kier molecular flexibility index (Phi) is 3.95. The van der Waals surface area contributed by atoms with Crippen molar-refractivity contribution in [3.63, 3.8) is 0 Å². The van der Waals surface area contributed by atoms with Crippen LogP contribution in [0.4, 0.5) is 0 Å². The number of aliphatic hydroxyl groups is 3. The molecule has 3 heteroatoms. The van der Waals surface area contributed by atoms with Crippen LogP contribution >= 0.6 is 0 Å². The van der Waals surface area contributed by atoms with Crippen molar-refractivity contribution in [2.45, 2.75) is 83.3 Å². The fourth-order valence-electron chi connectivity index (χ4n) is 7.54. The topological polar surface area (TPSA) is 60.7 Å². The lowest BCUT2D eigenvalue weighted by Gasteiger charge is -2.64. The molecule has 3 fully saturated rings. The van der Waals surface area contributed by atoms with Gasteiger partial charge in [0.05, 0.1) is 6.10 Å². The van der Waals surface area contributed by atoms with Crippen LogP contribution in [0.2, 0.25) is 0 Å². The molecule has 0 amide bonds. The lowest BCUT2D eigenvalue weighted by atomic mass is 9.43. The van der Waals surface area contributed by atoms with Crippen LogP contribution in [0, 0.1) is 28.6 Å². The number of aliphatic hydroxyl groups excluding tert-OH is 2. The van der Waals surface area contributed by atoms with Crippen molar-refractivity contribution in [1.29, 1.82) is 0 Å². The average molecular weight is 335 g/mol. The summed E-state index contributed by atoms with van der Waals surface area (Å²) in [7, 11) is 0. The van der Waals surface area contributed by atoms with E-state index in [2.05, 4.69) is 19.9 Å². The van der Waals surface area contributed by atoms with Gasteiger partial charge in [0.25, 0.3) is 0 Å². The number of hydrogen-bond donors (Lipinski definition) is 3. The minimum atomic E-state index is -0.963. The normalized spacial score (nSPS) is 53.8. The molecule has 3 saturated carbocycles. The molecule has 3 N–H and O–H groups in total. The Morgan fingerprint density at radius 3 is 2.71 bits per heavy atom. The van der Waals surface area contributed by atoms with E-state index in [0.29, 0.717) is 18.3 Å². The molecule has 7 atom stereocenters. The summed E-state index contributed by atoms with van der Waals surface area (Å²) in [6.07, 6.45) is 10.9. The first-order valence-electron chi connectivity index (χ1n) is 10.1. The van der Waals surface area contributed by atoms with Gasteiger partial charge in [-0.1, -0.05) is 25.5 Å². The van der Waals surface area contributed by atoms with E-state index in [1.54, 1.807) is 0 Å². The maximum Gasteiger partial charge on any atom is 0.103 e. The molecule has 0 saturated heterocycles. The van der Waals surface area contributed by atoms with Gasteiger partial charge in [0.15, 0.2) is 0 Å². The van der Waals surface area contributed by atoms with Crippen molar-refractivity contribution in [2.24, 2.45) is 28.6 Å². The maximum absolute atomic E-state index is 12.0. The molecule has 3 nitrogen and oxygen atoms in total. The Bertz CT molecular complexity index is 543.